The first-order valence-corrected chi connectivity index (χ1v) is 7.54. The standard InChI is InChI=1S/C13H21BrN2S/c1-13(2,3)17-9-11(16-15)8-10-6-4-5-7-12(10)14/h4-7,11,16H,8-9,15H2,1-3H3. The average Bonchev–Trinajstić information content (AvgIpc) is 2.25. The average molecular weight is 317 g/mol. The Bertz CT molecular complexity index is 350. The molecule has 1 atom stereocenters. The van der Waals surface area contributed by atoms with Crippen molar-refractivity contribution in [3.63, 3.8) is 0 Å². The third-order valence-corrected chi connectivity index (χ3v) is 4.59. The van der Waals surface area contributed by atoms with E-state index >= 15 is 0 Å². The first kappa shape index (κ1) is 15.0. The molecule has 0 spiro atoms. The van der Waals surface area contributed by atoms with Gasteiger partial charge < -0.3 is 0 Å². The Morgan fingerprint density at radius 2 is 2.00 bits per heavy atom. The fourth-order valence-electron chi connectivity index (χ4n) is 1.45. The summed E-state index contributed by atoms with van der Waals surface area (Å²) in [5.74, 6) is 6.64. The smallest absolute Gasteiger partial charge is 0.0342 e. The molecule has 0 aliphatic heterocycles. The van der Waals surface area contributed by atoms with Gasteiger partial charge in [0.15, 0.2) is 0 Å². The van der Waals surface area contributed by atoms with E-state index in [1.165, 1.54) is 5.56 Å². The molecule has 96 valence electrons. The zero-order valence-electron chi connectivity index (χ0n) is 10.7. The molecule has 0 aliphatic carbocycles. The number of thioether (sulfide) groups is 1. The van der Waals surface area contributed by atoms with Gasteiger partial charge in [-0.05, 0) is 18.1 Å². The predicted molar refractivity (Wildman–Crippen MR) is 81.2 cm³/mol. The summed E-state index contributed by atoms with van der Waals surface area (Å²) < 4.78 is 1.43. The number of nitrogens with two attached hydrogens (primary N) is 1. The molecule has 0 saturated heterocycles. The minimum atomic E-state index is 0.281. The van der Waals surface area contributed by atoms with Crippen LogP contribution in [-0.2, 0) is 6.42 Å². The van der Waals surface area contributed by atoms with Crippen molar-refractivity contribution < 1.29 is 0 Å². The highest BCUT2D eigenvalue weighted by Gasteiger charge is 2.15. The molecule has 4 heteroatoms. The minimum Gasteiger partial charge on any atom is -0.271 e. The molecule has 1 aromatic carbocycles. The van der Waals surface area contributed by atoms with Gasteiger partial charge in [-0.1, -0.05) is 54.9 Å². The van der Waals surface area contributed by atoms with Crippen LogP contribution in [0.5, 0.6) is 0 Å². The highest BCUT2D eigenvalue weighted by atomic mass is 79.9. The summed E-state index contributed by atoms with van der Waals surface area (Å²) in [7, 11) is 0. The Kier molecular flexibility index (Phi) is 6.00. The Morgan fingerprint density at radius 3 is 2.53 bits per heavy atom. The number of hydrogen-bond acceptors (Lipinski definition) is 3. The molecule has 1 rings (SSSR count). The lowest BCUT2D eigenvalue weighted by atomic mass is 10.1. The summed E-state index contributed by atoms with van der Waals surface area (Å²) >= 11 is 5.50. The maximum atomic E-state index is 5.62. The number of hydrogen-bond donors (Lipinski definition) is 2. The zero-order valence-corrected chi connectivity index (χ0v) is 13.1. The summed E-state index contributed by atoms with van der Waals surface area (Å²) in [6.45, 7) is 6.68. The van der Waals surface area contributed by atoms with E-state index in [2.05, 4.69) is 60.3 Å². The summed E-state index contributed by atoms with van der Waals surface area (Å²) in [4.78, 5) is 0. The molecule has 3 N–H and O–H groups in total. The molecule has 0 fully saturated rings. The fraction of sp³-hybridized carbons (Fsp3) is 0.538. The van der Waals surface area contributed by atoms with E-state index in [-0.39, 0.29) is 4.75 Å². The summed E-state index contributed by atoms with van der Waals surface area (Å²) in [6.07, 6.45) is 0.945. The molecule has 0 radical (unpaired) electrons. The summed E-state index contributed by atoms with van der Waals surface area (Å²) in [6, 6.07) is 8.60. The molecular weight excluding hydrogens is 296 g/mol. The Balaban J connectivity index is 2.56. The van der Waals surface area contributed by atoms with Crippen molar-refractivity contribution in [3.05, 3.63) is 34.3 Å². The molecule has 0 aliphatic rings. The Hall–Kier alpha value is -0.0300. The van der Waals surface area contributed by atoms with Crippen molar-refractivity contribution in [1.82, 2.24) is 5.43 Å². The van der Waals surface area contributed by atoms with Crippen molar-refractivity contribution in [3.8, 4) is 0 Å². The molecule has 2 nitrogen and oxygen atoms in total. The molecule has 0 bridgehead atoms. The van der Waals surface area contributed by atoms with Gasteiger partial charge in [0.25, 0.3) is 0 Å². The number of hydrazine groups is 1. The highest BCUT2D eigenvalue weighted by molar-refractivity contribution is 9.10. The minimum absolute atomic E-state index is 0.281. The summed E-state index contributed by atoms with van der Waals surface area (Å²) in [5, 5.41) is 0. The van der Waals surface area contributed by atoms with Crippen LogP contribution in [0.15, 0.2) is 28.7 Å². The molecular formula is C13H21BrN2S. The Labute approximate surface area is 117 Å². The SMILES string of the molecule is CC(C)(C)SCC(Cc1ccccc1Br)NN. The van der Waals surface area contributed by atoms with Crippen molar-refractivity contribution in [2.45, 2.75) is 38.0 Å². The number of halogens is 1. The largest absolute Gasteiger partial charge is 0.271 e. The van der Waals surface area contributed by atoms with E-state index < -0.39 is 0 Å². The van der Waals surface area contributed by atoms with Crippen LogP contribution in [0.25, 0.3) is 0 Å². The number of benzene rings is 1. The van der Waals surface area contributed by atoms with E-state index in [1.807, 2.05) is 17.8 Å². The van der Waals surface area contributed by atoms with Crippen LogP contribution < -0.4 is 11.3 Å². The second-order valence-electron chi connectivity index (χ2n) is 5.08. The van der Waals surface area contributed by atoms with Crippen LogP contribution in [-0.4, -0.2) is 16.5 Å². The molecule has 0 aromatic heterocycles. The quantitative estimate of drug-likeness (QED) is 0.646. The molecule has 0 amide bonds. The highest BCUT2D eigenvalue weighted by Crippen LogP contribution is 2.25. The third-order valence-electron chi connectivity index (χ3n) is 2.38. The van der Waals surface area contributed by atoms with Gasteiger partial charge in [0.1, 0.15) is 0 Å². The number of nitrogens with one attached hydrogen (secondary N) is 1. The lowest BCUT2D eigenvalue weighted by Gasteiger charge is -2.22. The lowest BCUT2D eigenvalue weighted by molar-refractivity contribution is 0.572. The van der Waals surface area contributed by atoms with E-state index in [4.69, 9.17) is 5.84 Å². The van der Waals surface area contributed by atoms with Crippen LogP contribution in [0.4, 0.5) is 0 Å². The Morgan fingerprint density at radius 1 is 1.35 bits per heavy atom. The van der Waals surface area contributed by atoms with E-state index in [1.54, 1.807) is 0 Å². The zero-order chi connectivity index (χ0) is 12.9. The molecule has 1 aromatic rings. The molecule has 17 heavy (non-hydrogen) atoms. The van der Waals surface area contributed by atoms with Crippen molar-refractivity contribution in [2.75, 3.05) is 5.75 Å². The second kappa shape index (κ2) is 6.78. The van der Waals surface area contributed by atoms with Gasteiger partial charge >= 0.3 is 0 Å². The molecule has 0 saturated carbocycles. The van der Waals surface area contributed by atoms with Gasteiger partial charge in [0.2, 0.25) is 0 Å². The number of rotatable bonds is 5. The first-order valence-electron chi connectivity index (χ1n) is 5.76. The van der Waals surface area contributed by atoms with E-state index in [9.17, 15) is 0 Å². The van der Waals surface area contributed by atoms with Crippen molar-refractivity contribution in [2.24, 2.45) is 5.84 Å². The maximum Gasteiger partial charge on any atom is 0.0342 e. The van der Waals surface area contributed by atoms with Crippen LogP contribution in [0, 0.1) is 0 Å². The van der Waals surface area contributed by atoms with Crippen molar-refractivity contribution >= 4 is 27.7 Å². The monoisotopic (exact) mass is 316 g/mol. The fourth-order valence-corrected chi connectivity index (χ4v) is 2.81. The van der Waals surface area contributed by atoms with Gasteiger partial charge in [-0.2, -0.15) is 11.8 Å². The van der Waals surface area contributed by atoms with Gasteiger partial charge in [-0.25, -0.2) is 0 Å². The maximum absolute atomic E-state index is 5.62. The predicted octanol–water partition coefficient (Wildman–Crippen LogP) is 3.36. The summed E-state index contributed by atoms with van der Waals surface area (Å²) in [5.41, 5.74) is 4.20. The topological polar surface area (TPSA) is 38.0 Å². The van der Waals surface area contributed by atoms with E-state index in [0.717, 1.165) is 16.6 Å². The van der Waals surface area contributed by atoms with Gasteiger partial charge in [-0.15, -0.1) is 0 Å². The molecule has 0 heterocycles. The van der Waals surface area contributed by atoms with Crippen LogP contribution in [0.2, 0.25) is 0 Å². The second-order valence-corrected chi connectivity index (χ2v) is 7.78. The molecule has 1 unspecified atom stereocenters. The third kappa shape index (κ3) is 5.91. The van der Waals surface area contributed by atoms with Gasteiger partial charge in [0, 0.05) is 21.0 Å². The first-order chi connectivity index (χ1) is 7.92. The van der Waals surface area contributed by atoms with Crippen LogP contribution in [0.3, 0.4) is 0 Å². The van der Waals surface area contributed by atoms with Crippen molar-refractivity contribution in [1.29, 1.82) is 0 Å². The van der Waals surface area contributed by atoms with E-state index in [0.29, 0.717) is 6.04 Å². The van der Waals surface area contributed by atoms with Crippen LogP contribution in [0.1, 0.15) is 26.3 Å². The lowest BCUT2D eigenvalue weighted by Crippen LogP contribution is -2.39. The normalized spacial score (nSPS) is 13.7. The van der Waals surface area contributed by atoms with Gasteiger partial charge in [0.05, 0.1) is 0 Å². The van der Waals surface area contributed by atoms with Gasteiger partial charge in [-0.3, -0.25) is 11.3 Å². The van der Waals surface area contributed by atoms with Crippen LogP contribution >= 0.6 is 27.7 Å².